The molecule has 1 heterocycles. The van der Waals surface area contributed by atoms with Crippen LogP contribution in [0.15, 0.2) is 18.2 Å². The summed E-state index contributed by atoms with van der Waals surface area (Å²) in [6, 6.07) is 5.39. The standard InChI is InChI=1S/C11H13Cl2NO2/c1-11(15-6-7(5-14)16-11)8-3-2-4-9(12)10(8)13/h2-4,7H,5-6,14H2,1H3. The molecular weight excluding hydrogens is 249 g/mol. The Morgan fingerprint density at radius 2 is 2.25 bits per heavy atom. The van der Waals surface area contributed by atoms with Gasteiger partial charge in [-0.05, 0) is 13.0 Å². The van der Waals surface area contributed by atoms with E-state index in [1.54, 1.807) is 6.07 Å². The molecule has 0 aliphatic carbocycles. The summed E-state index contributed by atoms with van der Waals surface area (Å²) in [6.07, 6.45) is -0.0972. The second-order valence-electron chi connectivity index (χ2n) is 3.83. The molecule has 0 aromatic heterocycles. The molecule has 0 radical (unpaired) electrons. The van der Waals surface area contributed by atoms with E-state index in [1.165, 1.54) is 0 Å². The normalized spacial score (nSPS) is 29.6. The zero-order valence-corrected chi connectivity index (χ0v) is 10.4. The highest BCUT2D eigenvalue weighted by molar-refractivity contribution is 6.42. The molecule has 1 aromatic carbocycles. The van der Waals surface area contributed by atoms with E-state index in [0.717, 1.165) is 5.56 Å². The van der Waals surface area contributed by atoms with Crippen molar-refractivity contribution in [3.05, 3.63) is 33.8 Å². The second-order valence-corrected chi connectivity index (χ2v) is 4.62. The molecule has 1 aromatic rings. The molecule has 2 rings (SSSR count). The number of nitrogens with two attached hydrogens (primary N) is 1. The van der Waals surface area contributed by atoms with Gasteiger partial charge < -0.3 is 15.2 Å². The molecule has 1 aliphatic heterocycles. The van der Waals surface area contributed by atoms with Gasteiger partial charge in [-0.15, -0.1) is 0 Å². The van der Waals surface area contributed by atoms with Gasteiger partial charge in [-0.2, -0.15) is 0 Å². The molecule has 0 amide bonds. The van der Waals surface area contributed by atoms with Crippen LogP contribution in [-0.2, 0) is 15.3 Å². The Hall–Kier alpha value is -0.320. The van der Waals surface area contributed by atoms with Crippen molar-refractivity contribution in [1.82, 2.24) is 0 Å². The van der Waals surface area contributed by atoms with E-state index in [9.17, 15) is 0 Å². The van der Waals surface area contributed by atoms with Crippen molar-refractivity contribution in [2.24, 2.45) is 5.73 Å². The van der Waals surface area contributed by atoms with Crippen LogP contribution in [-0.4, -0.2) is 19.3 Å². The number of benzene rings is 1. The Kier molecular flexibility index (Phi) is 3.42. The Labute approximate surface area is 104 Å². The molecule has 2 N–H and O–H groups in total. The molecule has 1 saturated heterocycles. The van der Waals surface area contributed by atoms with Crippen LogP contribution >= 0.6 is 23.2 Å². The Morgan fingerprint density at radius 1 is 1.50 bits per heavy atom. The van der Waals surface area contributed by atoms with Crippen molar-refractivity contribution in [2.75, 3.05) is 13.2 Å². The highest BCUT2D eigenvalue weighted by Gasteiger charge is 2.39. The van der Waals surface area contributed by atoms with E-state index in [0.29, 0.717) is 23.2 Å². The van der Waals surface area contributed by atoms with Crippen LogP contribution in [0.5, 0.6) is 0 Å². The minimum absolute atomic E-state index is 0.0972. The van der Waals surface area contributed by atoms with Gasteiger partial charge in [0.05, 0.1) is 22.8 Å². The van der Waals surface area contributed by atoms with Crippen molar-refractivity contribution in [3.63, 3.8) is 0 Å². The van der Waals surface area contributed by atoms with Crippen LogP contribution in [0.4, 0.5) is 0 Å². The summed E-state index contributed by atoms with van der Waals surface area (Å²) in [4.78, 5) is 0. The zero-order valence-electron chi connectivity index (χ0n) is 8.87. The minimum atomic E-state index is -0.855. The summed E-state index contributed by atoms with van der Waals surface area (Å²) in [5.41, 5.74) is 6.27. The fourth-order valence-electron chi connectivity index (χ4n) is 1.75. The summed E-state index contributed by atoms with van der Waals surface area (Å²) in [6.45, 7) is 2.71. The van der Waals surface area contributed by atoms with E-state index >= 15 is 0 Å². The number of hydrogen-bond donors (Lipinski definition) is 1. The molecule has 1 aliphatic rings. The molecule has 1 fully saturated rings. The van der Waals surface area contributed by atoms with Crippen LogP contribution in [0, 0.1) is 0 Å². The first-order chi connectivity index (χ1) is 7.57. The van der Waals surface area contributed by atoms with E-state index in [1.807, 2.05) is 19.1 Å². The predicted molar refractivity (Wildman–Crippen MR) is 63.7 cm³/mol. The molecule has 16 heavy (non-hydrogen) atoms. The minimum Gasteiger partial charge on any atom is -0.343 e. The maximum absolute atomic E-state index is 6.13. The van der Waals surface area contributed by atoms with Crippen molar-refractivity contribution in [1.29, 1.82) is 0 Å². The van der Waals surface area contributed by atoms with Gasteiger partial charge in [-0.25, -0.2) is 0 Å². The van der Waals surface area contributed by atoms with Gasteiger partial charge in [0.2, 0.25) is 0 Å². The lowest BCUT2D eigenvalue weighted by Crippen LogP contribution is -2.27. The van der Waals surface area contributed by atoms with Crippen LogP contribution < -0.4 is 5.73 Å². The first kappa shape index (κ1) is 12.1. The van der Waals surface area contributed by atoms with Crippen molar-refractivity contribution in [3.8, 4) is 0 Å². The van der Waals surface area contributed by atoms with Gasteiger partial charge >= 0.3 is 0 Å². The van der Waals surface area contributed by atoms with Gasteiger partial charge in [0.25, 0.3) is 0 Å². The van der Waals surface area contributed by atoms with E-state index in [2.05, 4.69) is 0 Å². The fourth-order valence-corrected chi connectivity index (χ4v) is 2.22. The molecule has 88 valence electrons. The van der Waals surface area contributed by atoms with Crippen molar-refractivity contribution >= 4 is 23.2 Å². The SMILES string of the molecule is CC1(c2cccc(Cl)c2Cl)OCC(CN)O1. The quantitative estimate of drug-likeness (QED) is 0.890. The largest absolute Gasteiger partial charge is 0.343 e. The molecule has 0 saturated carbocycles. The lowest BCUT2D eigenvalue weighted by molar-refractivity contribution is -0.160. The van der Waals surface area contributed by atoms with Gasteiger partial charge in [-0.3, -0.25) is 0 Å². The maximum Gasteiger partial charge on any atom is 0.194 e. The average molecular weight is 262 g/mol. The molecule has 3 nitrogen and oxygen atoms in total. The van der Waals surface area contributed by atoms with Crippen LogP contribution in [0.25, 0.3) is 0 Å². The summed E-state index contributed by atoms with van der Waals surface area (Å²) in [7, 11) is 0. The summed E-state index contributed by atoms with van der Waals surface area (Å²) < 4.78 is 11.4. The molecular formula is C11H13Cl2NO2. The highest BCUT2D eigenvalue weighted by atomic mass is 35.5. The molecule has 2 unspecified atom stereocenters. The first-order valence-electron chi connectivity index (χ1n) is 5.03. The molecule has 5 heteroatoms. The fraction of sp³-hybridized carbons (Fsp3) is 0.455. The third-order valence-electron chi connectivity index (χ3n) is 2.64. The number of rotatable bonds is 2. The van der Waals surface area contributed by atoms with Crippen LogP contribution in [0.1, 0.15) is 12.5 Å². The molecule has 0 bridgehead atoms. The summed E-state index contributed by atoms with van der Waals surface area (Å²) in [5, 5.41) is 0.952. The van der Waals surface area contributed by atoms with Crippen LogP contribution in [0.3, 0.4) is 0 Å². The third-order valence-corrected chi connectivity index (χ3v) is 3.46. The van der Waals surface area contributed by atoms with Crippen molar-refractivity contribution in [2.45, 2.75) is 18.8 Å². The smallest absolute Gasteiger partial charge is 0.194 e. The Balaban J connectivity index is 2.34. The number of ether oxygens (including phenoxy) is 2. The second kappa shape index (κ2) is 4.51. The van der Waals surface area contributed by atoms with E-state index in [4.69, 9.17) is 38.4 Å². The lowest BCUT2D eigenvalue weighted by atomic mass is 10.1. The molecule has 2 atom stereocenters. The highest BCUT2D eigenvalue weighted by Crippen LogP contribution is 2.39. The summed E-state index contributed by atoms with van der Waals surface area (Å²) in [5.74, 6) is -0.855. The molecule has 0 spiro atoms. The van der Waals surface area contributed by atoms with Gasteiger partial charge in [0.15, 0.2) is 5.79 Å². The predicted octanol–water partition coefficient (Wildman–Crippen LogP) is 2.54. The lowest BCUT2D eigenvalue weighted by Gasteiger charge is -2.25. The Bertz CT molecular complexity index is 400. The van der Waals surface area contributed by atoms with Crippen LogP contribution in [0.2, 0.25) is 10.0 Å². The van der Waals surface area contributed by atoms with Crippen molar-refractivity contribution < 1.29 is 9.47 Å². The number of halogens is 2. The van der Waals surface area contributed by atoms with Gasteiger partial charge in [-0.1, -0.05) is 35.3 Å². The first-order valence-corrected chi connectivity index (χ1v) is 5.79. The maximum atomic E-state index is 6.13. The topological polar surface area (TPSA) is 44.5 Å². The zero-order chi connectivity index (χ0) is 11.8. The third kappa shape index (κ3) is 2.06. The van der Waals surface area contributed by atoms with Gasteiger partial charge in [0.1, 0.15) is 0 Å². The van der Waals surface area contributed by atoms with E-state index in [-0.39, 0.29) is 6.10 Å². The average Bonchev–Trinajstić information content (AvgIpc) is 2.65. The Morgan fingerprint density at radius 3 is 2.88 bits per heavy atom. The summed E-state index contributed by atoms with van der Waals surface area (Å²) >= 11 is 12.1. The van der Waals surface area contributed by atoms with E-state index < -0.39 is 5.79 Å². The monoisotopic (exact) mass is 261 g/mol. The van der Waals surface area contributed by atoms with Gasteiger partial charge in [0, 0.05) is 12.1 Å². The number of hydrogen-bond acceptors (Lipinski definition) is 3.